The minimum atomic E-state index is -3.81. The molecule has 0 aliphatic carbocycles. The van der Waals surface area contributed by atoms with Crippen molar-refractivity contribution in [2.75, 3.05) is 24.3 Å². The zero-order valence-electron chi connectivity index (χ0n) is 17.0. The standard InChI is InChI=1S/C23H22N2O5S/c1-29-19-7-5-6-17(16-19)10-15-23(26)24-18-11-13-20(14-12-18)31(27,28)25-21-8-3-4-9-22(21)30-2/h3-16,25H,1-2H3,(H,24,26). The Morgan fingerprint density at radius 2 is 1.65 bits per heavy atom. The molecule has 3 aromatic carbocycles. The molecule has 0 aliphatic heterocycles. The SMILES string of the molecule is COc1cccc(C=CC(=O)Nc2ccc(S(=O)(=O)Nc3ccccc3OC)cc2)c1. The van der Waals surface area contributed by atoms with Crippen molar-refractivity contribution in [3.63, 3.8) is 0 Å². The highest BCUT2D eigenvalue weighted by Crippen LogP contribution is 2.26. The van der Waals surface area contributed by atoms with Gasteiger partial charge in [-0.2, -0.15) is 0 Å². The minimum absolute atomic E-state index is 0.0586. The quantitative estimate of drug-likeness (QED) is 0.515. The lowest BCUT2D eigenvalue weighted by atomic mass is 10.2. The Hall–Kier alpha value is -3.78. The molecular formula is C23H22N2O5S. The van der Waals surface area contributed by atoms with Crippen LogP contribution < -0.4 is 19.5 Å². The van der Waals surface area contributed by atoms with Gasteiger partial charge in [0.1, 0.15) is 11.5 Å². The maximum absolute atomic E-state index is 12.6. The van der Waals surface area contributed by atoms with Crippen molar-refractivity contribution in [3.8, 4) is 11.5 Å². The van der Waals surface area contributed by atoms with Crippen LogP contribution >= 0.6 is 0 Å². The van der Waals surface area contributed by atoms with E-state index in [1.807, 2.05) is 18.2 Å². The topological polar surface area (TPSA) is 93.7 Å². The third-order valence-corrected chi connectivity index (χ3v) is 5.69. The molecule has 0 saturated heterocycles. The Labute approximate surface area is 181 Å². The van der Waals surface area contributed by atoms with Crippen molar-refractivity contribution in [1.82, 2.24) is 0 Å². The van der Waals surface area contributed by atoms with Crippen LogP contribution in [0.3, 0.4) is 0 Å². The van der Waals surface area contributed by atoms with E-state index in [1.165, 1.54) is 37.5 Å². The summed E-state index contributed by atoms with van der Waals surface area (Å²) >= 11 is 0. The first kappa shape index (κ1) is 21.9. The number of para-hydroxylation sites is 2. The van der Waals surface area contributed by atoms with Crippen LogP contribution in [0.4, 0.5) is 11.4 Å². The molecule has 1 amide bonds. The number of hydrogen-bond acceptors (Lipinski definition) is 5. The fraction of sp³-hybridized carbons (Fsp3) is 0.0870. The number of nitrogens with one attached hydrogen (secondary N) is 2. The lowest BCUT2D eigenvalue weighted by Crippen LogP contribution is -2.14. The van der Waals surface area contributed by atoms with Crippen molar-refractivity contribution < 1.29 is 22.7 Å². The molecule has 7 nitrogen and oxygen atoms in total. The molecule has 160 valence electrons. The van der Waals surface area contributed by atoms with E-state index in [0.29, 0.717) is 22.9 Å². The summed E-state index contributed by atoms with van der Waals surface area (Å²) in [5.74, 6) is 0.768. The third kappa shape index (κ3) is 5.86. The number of amides is 1. The second kappa shape index (κ2) is 9.82. The smallest absolute Gasteiger partial charge is 0.262 e. The number of ether oxygens (including phenoxy) is 2. The summed E-state index contributed by atoms with van der Waals surface area (Å²) in [5, 5.41) is 2.70. The number of rotatable bonds is 8. The first-order chi connectivity index (χ1) is 14.9. The summed E-state index contributed by atoms with van der Waals surface area (Å²) in [6.45, 7) is 0. The lowest BCUT2D eigenvalue weighted by Gasteiger charge is -2.12. The normalized spacial score (nSPS) is 11.2. The van der Waals surface area contributed by atoms with Gasteiger partial charge >= 0.3 is 0 Å². The van der Waals surface area contributed by atoms with E-state index >= 15 is 0 Å². The summed E-state index contributed by atoms with van der Waals surface area (Å²) in [6, 6.07) is 19.9. The molecule has 31 heavy (non-hydrogen) atoms. The van der Waals surface area contributed by atoms with Crippen LogP contribution in [0, 0.1) is 0 Å². The average molecular weight is 439 g/mol. The van der Waals surface area contributed by atoms with Crippen molar-refractivity contribution in [1.29, 1.82) is 0 Å². The molecule has 0 radical (unpaired) electrons. The van der Waals surface area contributed by atoms with Gasteiger partial charge in [0.25, 0.3) is 10.0 Å². The van der Waals surface area contributed by atoms with Crippen LogP contribution in [0.5, 0.6) is 11.5 Å². The van der Waals surface area contributed by atoms with Gasteiger partial charge in [-0.25, -0.2) is 8.42 Å². The van der Waals surface area contributed by atoms with Crippen LogP contribution in [-0.2, 0) is 14.8 Å². The number of carbonyl (C=O) groups excluding carboxylic acids is 1. The van der Waals surface area contributed by atoms with Crippen molar-refractivity contribution >= 4 is 33.4 Å². The molecule has 0 saturated carbocycles. The predicted octanol–water partition coefficient (Wildman–Crippen LogP) is 4.16. The van der Waals surface area contributed by atoms with Gasteiger partial charge in [-0.05, 0) is 60.2 Å². The second-order valence-electron chi connectivity index (χ2n) is 6.43. The van der Waals surface area contributed by atoms with E-state index in [2.05, 4.69) is 10.0 Å². The molecule has 8 heteroatoms. The van der Waals surface area contributed by atoms with E-state index in [9.17, 15) is 13.2 Å². The fourth-order valence-corrected chi connectivity index (χ4v) is 3.82. The molecule has 0 spiro atoms. The lowest BCUT2D eigenvalue weighted by molar-refractivity contribution is -0.111. The Morgan fingerprint density at radius 1 is 0.903 bits per heavy atom. The van der Waals surface area contributed by atoms with Gasteiger partial charge in [-0.1, -0.05) is 24.3 Å². The van der Waals surface area contributed by atoms with Gasteiger partial charge in [-0.3, -0.25) is 9.52 Å². The average Bonchev–Trinajstić information content (AvgIpc) is 2.78. The maximum atomic E-state index is 12.6. The molecule has 0 aliphatic rings. The summed E-state index contributed by atoms with van der Waals surface area (Å²) in [5.41, 5.74) is 1.62. The number of methoxy groups -OCH3 is 2. The molecule has 3 rings (SSSR count). The molecule has 0 heterocycles. The van der Waals surface area contributed by atoms with Crippen LogP contribution in [0.25, 0.3) is 6.08 Å². The number of benzene rings is 3. The van der Waals surface area contributed by atoms with E-state index in [0.717, 1.165) is 5.56 Å². The first-order valence-electron chi connectivity index (χ1n) is 9.30. The Bertz CT molecular complexity index is 1190. The fourth-order valence-electron chi connectivity index (χ4n) is 2.75. The number of sulfonamides is 1. The molecular weight excluding hydrogens is 416 g/mol. The summed E-state index contributed by atoms with van der Waals surface area (Å²) in [6.07, 6.45) is 3.05. The maximum Gasteiger partial charge on any atom is 0.262 e. The van der Waals surface area contributed by atoms with Gasteiger partial charge in [0.15, 0.2) is 0 Å². The number of carbonyl (C=O) groups is 1. The number of hydrogen-bond donors (Lipinski definition) is 2. The van der Waals surface area contributed by atoms with E-state index in [-0.39, 0.29) is 10.8 Å². The highest BCUT2D eigenvalue weighted by molar-refractivity contribution is 7.92. The van der Waals surface area contributed by atoms with Crippen LogP contribution in [0.2, 0.25) is 0 Å². The minimum Gasteiger partial charge on any atom is -0.497 e. The van der Waals surface area contributed by atoms with Gasteiger partial charge in [0.2, 0.25) is 5.91 Å². The molecule has 0 aromatic heterocycles. The molecule has 0 unspecified atom stereocenters. The van der Waals surface area contributed by atoms with Gasteiger partial charge in [0.05, 0.1) is 24.8 Å². The Morgan fingerprint density at radius 3 is 2.35 bits per heavy atom. The van der Waals surface area contributed by atoms with Crippen LogP contribution in [0.15, 0.2) is 83.8 Å². The molecule has 0 fully saturated rings. The highest BCUT2D eigenvalue weighted by Gasteiger charge is 2.16. The van der Waals surface area contributed by atoms with Gasteiger partial charge < -0.3 is 14.8 Å². The van der Waals surface area contributed by atoms with E-state index in [1.54, 1.807) is 43.5 Å². The molecule has 3 aromatic rings. The predicted molar refractivity (Wildman–Crippen MR) is 121 cm³/mol. The largest absolute Gasteiger partial charge is 0.497 e. The zero-order valence-corrected chi connectivity index (χ0v) is 17.8. The molecule has 2 N–H and O–H groups in total. The summed E-state index contributed by atoms with van der Waals surface area (Å²) < 4.78 is 38.1. The Balaban J connectivity index is 1.66. The van der Waals surface area contributed by atoms with Gasteiger partial charge in [0, 0.05) is 11.8 Å². The second-order valence-corrected chi connectivity index (χ2v) is 8.11. The van der Waals surface area contributed by atoms with Gasteiger partial charge in [-0.15, -0.1) is 0 Å². The van der Waals surface area contributed by atoms with E-state index in [4.69, 9.17) is 9.47 Å². The van der Waals surface area contributed by atoms with Crippen molar-refractivity contribution in [2.24, 2.45) is 0 Å². The first-order valence-corrected chi connectivity index (χ1v) is 10.8. The molecule has 0 bridgehead atoms. The van der Waals surface area contributed by atoms with E-state index < -0.39 is 10.0 Å². The molecule has 0 atom stereocenters. The third-order valence-electron chi connectivity index (χ3n) is 4.30. The van der Waals surface area contributed by atoms with Crippen LogP contribution in [-0.4, -0.2) is 28.5 Å². The van der Waals surface area contributed by atoms with Crippen molar-refractivity contribution in [2.45, 2.75) is 4.90 Å². The number of anilines is 2. The summed E-state index contributed by atoms with van der Waals surface area (Å²) in [7, 11) is -0.772. The zero-order chi connectivity index (χ0) is 22.3. The highest BCUT2D eigenvalue weighted by atomic mass is 32.2. The summed E-state index contributed by atoms with van der Waals surface area (Å²) in [4.78, 5) is 12.2. The Kier molecular flexibility index (Phi) is 6.94. The monoisotopic (exact) mass is 438 g/mol. The van der Waals surface area contributed by atoms with Crippen LogP contribution in [0.1, 0.15) is 5.56 Å². The van der Waals surface area contributed by atoms with Crippen molar-refractivity contribution in [3.05, 3.63) is 84.4 Å².